The fourth-order valence-corrected chi connectivity index (χ4v) is 11.7. The van der Waals surface area contributed by atoms with E-state index in [1.807, 2.05) is 0 Å². The molecule has 10 aliphatic rings. The molecule has 0 saturated carbocycles. The fourth-order valence-electron chi connectivity index (χ4n) is 11.7. The third-order valence-corrected chi connectivity index (χ3v) is 14.3. The van der Waals surface area contributed by atoms with E-state index in [1.165, 1.54) is 0 Å². The van der Waals surface area contributed by atoms with Gasteiger partial charge in [-0.2, -0.15) is 0 Å². The number of aliphatic hydroxyl groups excluding tert-OH is 2. The van der Waals surface area contributed by atoms with E-state index in [2.05, 4.69) is 27.0 Å². The molecule has 2 N–H and O–H groups in total. The number of rotatable bonds is 4. The van der Waals surface area contributed by atoms with E-state index in [0.717, 1.165) is 49.7 Å². The predicted molar refractivity (Wildman–Crippen MR) is 189 cm³/mol. The molecule has 0 aliphatic carbocycles. The van der Waals surface area contributed by atoms with Crippen LogP contribution in [-0.2, 0) is 47.4 Å². The summed E-state index contributed by atoms with van der Waals surface area (Å²) in [6.45, 7) is 12.9. The number of ketones is 1. The first-order chi connectivity index (χ1) is 25.4. The summed E-state index contributed by atoms with van der Waals surface area (Å²) in [6, 6.07) is 0. The van der Waals surface area contributed by atoms with Gasteiger partial charge in [-0.25, -0.2) is 0 Å². The Hall–Kier alpha value is -1.29. The topological polar surface area (TPSA) is 141 Å². The second-order valence-corrected chi connectivity index (χ2v) is 18.1. The van der Waals surface area contributed by atoms with Crippen LogP contribution in [0.25, 0.3) is 0 Å². The smallest absolute Gasteiger partial charge is 0.172 e. The molecule has 12 bridgehead atoms. The van der Waals surface area contributed by atoms with Crippen LogP contribution in [-0.4, -0.2) is 133 Å². The monoisotopic (exact) mass is 744 g/mol. The summed E-state index contributed by atoms with van der Waals surface area (Å²) in [5, 5.41) is 20.1. The lowest BCUT2D eigenvalue weighted by atomic mass is 9.81. The normalized spacial score (nSPS) is 53.0. The second kappa shape index (κ2) is 14.3. The minimum absolute atomic E-state index is 0.0247. The van der Waals surface area contributed by atoms with Crippen LogP contribution in [0.5, 0.6) is 0 Å². The Kier molecular flexibility index (Phi) is 10.0. The van der Waals surface area contributed by atoms with E-state index in [9.17, 15) is 15.0 Å². The van der Waals surface area contributed by atoms with Gasteiger partial charge < -0.3 is 52.8 Å². The van der Waals surface area contributed by atoms with Gasteiger partial charge in [-0.15, -0.1) is 0 Å². The number of fused-ring (bicyclic) bond motifs is 6. The van der Waals surface area contributed by atoms with Gasteiger partial charge in [-0.05, 0) is 68.9 Å². The minimum atomic E-state index is -0.953. The average Bonchev–Trinajstić information content (AvgIpc) is 3.76. The SMILES string of the molecule is C=C1CC2CCC34CC5(C)OC6C(O3)C3OC(CCC3O[C@H]6C5O4)CC(=O)CC3C(CC4OC(CCC1O2)CC(C)C4=C)OC(CC(O)CO)C3OC. The molecular weight excluding hydrogens is 684 g/mol. The van der Waals surface area contributed by atoms with E-state index in [0.29, 0.717) is 25.7 Å². The third-order valence-electron chi connectivity index (χ3n) is 14.3. The molecule has 10 rings (SSSR count). The summed E-state index contributed by atoms with van der Waals surface area (Å²) < 4.78 is 60.3. The molecule has 0 aromatic rings. The fraction of sp³-hybridized carbons (Fsp3) is 0.878. The molecule has 10 heterocycles. The first kappa shape index (κ1) is 37.3. The van der Waals surface area contributed by atoms with E-state index in [4.69, 9.17) is 42.6 Å². The number of ether oxygens (including phenoxy) is 9. The molecule has 10 saturated heterocycles. The van der Waals surface area contributed by atoms with E-state index >= 15 is 0 Å². The highest BCUT2D eigenvalue weighted by Crippen LogP contribution is 2.58. The zero-order valence-electron chi connectivity index (χ0n) is 31.6. The molecule has 53 heavy (non-hydrogen) atoms. The lowest BCUT2D eigenvalue weighted by Crippen LogP contribution is -2.61. The maximum Gasteiger partial charge on any atom is 0.172 e. The van der Waals surface area contributed by atoms with Crippen molar-refractivity contribution in [3.8, 4) is 0 Å². The zero-order chi connectivity index (χ0) is 36.8. The Morgan fingerprint density at radius 3 is 2.42 bits per heavy atom. The van der Waals surface area contributed by atoms with Crippen molar-refractivity contribution in [2.24, 2.45) is 11.8 Å². The Bertz CT molecular complexity index is 1420. The van der Waals surface area contributed by atoms with E-state index in [1.54, 1.807) is 7.11 Å². The minimum Gasteiger partial charge on any atom is -0.394 e. The van der Waals surface area contributed by atoms with E-state index in [-0.39, 0.29) is 117 Å². The average molecular weight is 745 g/mol. The molecule has 1 spiro atoms. The molecule has 0 amide bonds. The van der Waals surface area contributed by atoms with Gasteiger partial charge in [0, 0.05) is 51.6 Å². The van der Waals surface area contributed by atoms with Crippen LogP contribution < -0.4 is 0 Å². The lowest BCUT2D eigenvalue weighted by molar-refractivity contribution is -0.294. The number of hydrogen-bond donors (Lipinski definition) is 2. The summed E-state index contributed by atoms with van der Waals surface area (Å²) in [4.78, 5) is 14.1. The van der Waals surface area contributed by atoms with Gasteiger partial charge in [0.1, 0.15) is 41.9 Å². The first-order valence-electron chi connectivity index (χ1n) is 20.4. The molecular formula is C41H60O12. The standard InChI is InChI=1S/C41H60O12/c1-20-12-25-6-8-29-21(2)13-27(46-29)10-11-41-19-40(4)39(53-41)38-37(51-40)36(52-41)35-30(50-38)9-7-26(48-35)14-23(43)15-28-32(17-31(47-25)22(20)3)49-33(34(28)45-5)16-24(44)18-42/h20,24-39,42,44H,2-3,6-19H2,1,4-5H3/t20?,24?,25?,26?,27?,28?,29?,30?,31?,32?,33?,34?,35?,36?,37?,38-,39?,40?,41?/m1/s1. The van der Waals surface area contributed by atoms with Gasteiger partial charge in [0.25, 0.3) is 0 Å². The number of aliphatic hydroxyl groups is 2. The number of methoxy groups -OCH3 is 1. The van der Waals surface area contributed by atoms with Crippen LogP contribution in [0.2, 0.25) is 0 Å². The van der Waals surface area contributed by atoms with Crippen molar-refractivity contribution in [2.75, 3.05) is 13.7 Å². The molecule has 0 aromatic carbocycles. The largest absolute Gasteiger partial charge is 0.394 e. The van der Waals surface area contributed by atoms with Crippen molar-refractivity contribution in [2.45, 2.75) is 200 Å². The molecule has 12 nitrogen and oxygen atoms in total. The summed E-state index contributed by atoms with van der Waals surface area (Å²) in [5.74, 6) is -0.756. The molecule has 19 atom stereocenters. The van der Waals surface area contributed by atoms with Crippen LogP contribution in [0.4, 0.5) is 0 Å². The Morgan fingerprint density at radius 1 is 0.830 bits per heavy atom. The van der Waals surface area contributed by atoms with Crippen molar-refractivity contribution in [3.05, 3.63) is 24.3 Å². The van der Waals surface area contributed by atoms with Crippen LogP contribution in [0.15, 0.2) is 24.3 Å². The quantitative estimate of drug-likeness (QED) is 0.404. The summed E-state index contributed by atoms with van der Waals surface area (Å²) in [5.41, 5.74) is 1.66. The molecule has 12 heteroatoms. The highest BCUT2D eigenvalue weighted by molar-refractivity contribution is 5.79. The number of Topliss-reactive ketones (excluding diaryl/α,β-unsaturated/α-hetero) is 1. The van der Waals surface area contributed by atoms with Crippen LogP contribution in [0, 0.1) is 11.8 Å². The van der Waals surface area contributed by atoms with Gasteiger partial charge in [-0.3, -0.25) is 4.79 Å². The van der Waals surface area contributed by atoms with Crippen LogP contribution in [0.1, 0.15) is 97.3 Å². The highest BCUT2D eigenvalue weighted by Gasteiger charge is 2.73. The summed E-state index contributed by atoms with van der Waals surface area (Å²) in [6.07, 6.45) is 3.77. The maximum atomic E-state index is 14.1. The lowest BCUT2D eigenvalue weighted by Gasteiger charge is -2.47. The third kappa shape index (κ3) is 6.73. The van der Waals surface area contributed by atoms with Gasteiger partial charge in [0.15, 0.2) is 5.79 Å². The van der Waals surface area contributed by atoms with Gasteiger partial charge >= 0.3 is 0 Å². The molecule has 296 valence electrons. The Balaban J connectivity index is 1.00. The number of carbonyl (C=O) groups is 1. The van der Waals surface area contributed by atoms with Crippen molar-refractivity contribution in [1.29, 1.82) is 0 Å². The molecule has 10 aliphatic heterocycles. The Morgan fingerprint density at radius 2 is 1.60 bits per heavy atom. The molecule has 0 aromatic heterocycles. The molecule has 18 unspecified atom stereocenters. The molecule has 0 radical (unpaired) electrons. The summed E-state index contributed by atoms with van der Waals surface area (Å²) >= 11 is 0. The van der Waals surface area contributed by atoms with Crippen molar-refractivity contribution >= 4 is 5.78 Å². The second-order valence-electron chi connectivity index (χ2n) is 18.1. The van der Waals surface area contributed by atoms with E-state index < -0.39 is 29.7 Å². The summed E-state index contributed by atoms with van der Waals surface area (Å²) in [7, 11) is 1.63. The van der Waals surface area contributed by atoms with Gasteiger partial charge in [-0.1, -0.05) is 20.1 Å². The first-order valence-corrected chi connectivity index (χ1v) is 20.4. The predicted octanol–water partition coefficient (Wildman–Crippen LogP) is 3.86. The van der Waals surface area contributed by atoms with Crippen molar-refractivity contribution in [3.63, 3.8) is 0 Å². The number of carbonyl (C=O) groups excluding carboxylic acids is 1. The van der Waals surface area contributed by atoms with Crippen molar-refractivity contribution < 1.29 is 57.6 Å². The zero-order valence-corrected chi connectivity index (χ0v) is 31.6. The van der Waals surface area contributed by atoms with Gasteiger partial charge in [0.2, 0.25) is 0 Å². The highest BCUT2D eigenvalue weighted by atomic mass is 16.8. The molecule has 10 fully saturated rings. The number of hydrogen-bond acceptors (Lipinski definition) is 12. The van der Waals surface area contributed by atoms with Crippen LogP contribution >= 0.6 is 0 Å². The Labute approximate surface area is 313 Å². The maximum absolute atomic E-state index is 14.1. The van der Waals surface area contributed by atoms with Crippen molar-refractivity contribution in [1.82, 2.24) is 0 Å². The van der Waals surface area contributed by atoms with Gasteiger partial charge in [0.05, 0.1) is 67.6 Å². The van der Waals surface area contributed by atoms with Crippen LogP contribution in [0.3, 0.4) is 0 Å².